The van der Waals surface area contributed by atoms with Gasteiger partial charge in [0.1, 0.15) is 0 Å². The number of hydrogen-bond donors (Lipinski definition) is 0. The van der Waals surface area contributed by atoms with Crippen LogP contribution >= 0.6 is 15.9 Å². The normalized spacial score (nSPS) is 10.3. The average molecular weight is 384 g/mol. The Morgan fingerprint density at radius 1 is 0.708 bits per heavy atom. The van der Waals surface area contributed by atoms with Crippen LogP contribution in [0.25, 0.3) is 0 Å². The van der Waals surface area contributed by atoms with Gasteiger partial charge in [0, 0.05) is 16.2 Å². The number of hydrogen-bond acceptors (Lipinski definition) is 3. The maximum absolute atomic E-state index is 5.47. The second-order valence-electron chi connectivity index (χ2n) is 5.16. The van der Waals surface area contributed by atoms with E-state index in [1.54, 1.807) is 14.2 Å². The van der Waals surface area contributed by atoms with Crippen LogP contribution in [0.3, 0.4) is 0 Å². The van der Waals surface area contributed by atoms with E-state index in [1.165, 1.54) is 0 Å². The highest BCUT2D eigenvalue weighted by atomic mass is 79.9. The first kappa shape index (κ1) is 16.4. The molecule has 0 bridgehead atoms. The summed E-state index contributed by atoms with van der Waals surface area (Å²) in [6, 6.07) is 24.3. The summed E-state index contributed by atoms with van der Waals surface area (Å²) in [5.41, 5.74) is 3.11. The fourth-order valence-electron chi connectivity index (χ4n) is 2.60. The van der Waals surface area contributed by atoms with Gasteiger partial charge in [0.05, 0.1) is 25.6 Å². The van der Waals surface area contributed by atoms with E-state index in [0.717, 1.165) is 21.5 Å². The number of ether oxygens (including phenoxy) is 2. The lowest BCUT2D eigenvalue weighted by Crippen LogP contribution is -2.10. The molecule has 122 valence electrons. The number of para-hydroxylation sites is 2. The Bertz CT molecular complexity index is 821. The Hall–Kier alpha value is -2.46. The van der Waals surface area contributed by atoms with Gasteiger partial charge in [-0.2, -0.15) is 0 Å². The van der Waals surface area contributed by atoms with Gasteiger partial charge in [0.25, 0.3) is 0 Å². The largest absolute Gasteiger partial charge is 0.493 e. The van der Waals surface area contributed by atoms with Crippen molar-refractivity contribution in [2.24, 2.45) is 0 Å². The third kappa shape index (κ3) is 3.24. The Morgan fingerprint density at radius 3 is 2.04 bits per heavy atom. The highest BCUT2D eigenvalue weighted by molar-refractivity contribution is 9.10. The summed E-state index contributed by atoms with van der Waals surface area (Å²) in [4.78, 5) is 2.17. The molecule has 0 radical (unpaired) electrons. The molecule has 0 fully saturated rings. The lowest BCUT2D eigenvalue weighted by atomic mass is 10.2. The topological polar surface area (TPSA) is 21.7 Å². The molecule has 0 heterocycles. The molecule has 0 aliphatic heterocycles. The quantitative estimate of drug-likeness (QED) is 0.544. The minimum atomic E-state index is 0.697. The number of nitrogens with zero attached hydrogens (tertiary/aromatic N) is 1. The Labute approximate surface area is 150 Å². The molecule has 0 aliphatic carbocycles. The Morgan fingerprint density at radius 2 is 1.38 bits per heavy atom. The third-order valence-corrected chi connectivity index (χ3v) is 4.40. The van der Waals surface area contributed by atoms with E-state index in [4.69, 9.17) is 9.47 Å². The van der Waals surface area contributed by atoms with Gasteiger partial charge in [-0.3, -0.25) is 0 Å². The minimum absolute atomic E-state index is 0.697. The van der Waals surface area contributed by atoms with E-state index < -0.39 is 0 Å². The second-order valence-corrected chi connectivity index (χ2v) is 6.02. The van der Waals surface area contributed by atoms with Crippen LogP contribution < -0.4 is 14.4 Å². The summed E-state index contributed by atoms with van der Waals surface area (Å²) in [5.74, 6) is 1.41. The number of anilines is 3. The van der Waals surface area contributed by atoms with E-state index in [9.17, 15) is 0 Å². The molecule has 3 nitrogen and oxygen atoms in total. The molecule has 0 aliphatic rings. The SMILES string of the molecule is COc1ccc(N(c2ccccc2)c2ccccc2Br)cc1OC. The Balaban J connectivity index is 2.18. The van der Waals surface area contributed by atoms with E-state index in [-0.39, 0.29) is 0 Å². The van der Waals surface area contributed by atoms with Gasteiger partial charge in [0.2, 0.25) is 0 Å². The van der Waals surface area contributed by atoms with Crippen molar-refractivity contribution in [3.63, 3.8) is 0 Å². The standard InChI is InChI=1S/C20H18BrNO2/c1-23-19-13-12-16(14-20(19)24-2)22(15-8-4-3-5-9-15)18-11-7-6-10-17(18)21/h3-14H,1-2H3. The molecule has 3 aromatic rings. The maximum Gasteiger partial charge on any atom is 0.162 e. The summed E-state index contributed by atoms with van der Waals surface area (Å²) in [7, 11) is 3.28. The highest BCUT2D eigenvalue weighted by Gasteiger charge is 2.16. The third-order valence-electron chi connectivity index (χ3n) is 3.73. The predicted octanol–water partition coefficient (Wildman–Crippen LogP) is 5.94. The average Bonchev–Trinajstić information content (AvgIpc) is 2.64. The zero-order chi connectivity index (χ0) is 16.9. The molecule has 3 rings (SSSR count). The smallest absolute Gasteiger partial charge is 0.162 e. The predicted molar refractivity (Wildman–Crippen MR) is 102 cm³/mol. The van der Waals surface area contributed by atoms with Gasteiger partial charge >= 0.3 is 0 Å². The van der Waals surface area contributed by atoms with Crippen molar-refractivity contribution in [3.05, 3.63) is 77.3 Å². The fourth-order valence-corrected chi connectivity index (χ4v) is 3.06. The molecule has 0 N–H and O–H groups in total. The summed E-state index contributed by atoms with van der Waals surface area (Å²) < 4.78 is 11.8. The number of benzene rings is 3. The fraction of sp³-hybridized carbons (Fsp3) is 0.100. The van der Waals surface area contributed by atoms with E-state index in [0.29, 0.717) is 11.5 Å². The molecule has 0 atom stereocenters. The van der Waals surface area contributed by atoms with Crippen LogP contribution in [0, 0.1) is 0 Å². The van der Waals surface area contributed by atoms with Crippen LogP contribution in [0.1, 0.15) is 0 Å². The second kappa shape index (κ2) is 7.41. The zero-order valence-corrected chi connectivity index (χ0v) is 15.2. The number of methoxy groups -OCH3 is 2. The van der Waals surface area contributed by atoms with Crippen LogP contribution in [-0.2, 0) is 0 Å². The molecule has 0 saturated carbocycles. The van der Waals surface area contributed by atoms with E-state index in [1.807, 2.05) is 54.6 Å². The van der Waals surface area contributed by atoms with Gasteiger partial charge in [0.15, 0.2) is 11.5 Å². The van der Waals surface area contributed by atoms with Crippen molar-refractivity contribution in [1.82, 2.24) is 0 Å². The van der Waals surface area contributed by atoms with Crippen LogP contribution in [-0.4, -0.2) is 14.2 Å². The molecule has 24 heavy (non-hydrogen) atoms. The molecule has 0 saturated heterocycles. The van der Waals surface area contributed by atoms with Crippen molar-refractivity contribution >= 4 is 33.0 Å². The number of halogens is 1. The lowest BCUT2D eigenvalue weighted by molar-refractivity contribution is 0.355. The van der Waals surface area contributed by atoms with Gasteiger partial charge in [-0.1, -0.05) is 30.3 Å². The lowest BCUT2D eigenvalue weighted by Gasteiger charge is -2.27. The summed E-state index contributed by atoms with van der Waals surface area (Å²) in [6.45, 7) is 0. The minimum Gasteiger partial charge on any atom is -0.493 e. The molecule has 0 amide bonds. The molecular weight excluding hydrogens is 366 g/mol. The van der Waals surface area contributed by atoms with Crippen LogP contribution in [0.15, 0.2) is 77.3 Å². The molecule has 0 aromatic heterocycles. The maximum atomic E-state index is 5.47. The first-order valence-electron chi connectivity index (χ1n) is 7.56. The molecule has 3 aromatic carbocycles. The van der Waals surface area contributed by atoms with Gasteiger partial charge in [-0.05, 0) is 52.3 Å². The summed E-state index contributed by atoms with van der Waals surface area (Å²) in [6.07, 6.45) is 0. The van der Waals surface area contributed by atoms with Gasteiger partial charge < -0.3 is 14.4 Å². The van der Waals surface area contributed by atoms with Gasteiger partial charge in [-0.15, -0.1) is 0 Å². The molecule has 0 spiro atoms. The van der Waals surface area contributed by atoms with Gasteiger partial charge in [-0.25, -0.2) is 0 Å². The van der Waals surface area contributed by atoms with E-state index >= 15 is 0 Å². The first-order valence-corrected chi connectivity index (χ1v) is 8.35. The number of rotatable bonds is 5. The summed E-state index contributed by atoms with van der Waals surface area (Å²) in [5, 5.41) is 0. The summed E-state index contributed by atoms with van der Waals surface area (Å²) >= 11 is 3.66. The van der Waals surface area contributed by atoms with Crippen molar-refractivity contribution in [2.45, 2.75) is 0 Å². The molecule has 0 unspecified atom stereocenters. The zero-order valence-electron chi connectivity index (χ0n) is 13.6. The van der Waals surface area contributed by atoms with E-state index in [2.05, 4.69) is 39.0 Å². The van der Waals surface area contributed by atoms with Crippen molar-refractivity contribution < 1.29 is 9.47 Å². The van der Waals surface area contributed by atoms with Crippen LogP contribution in [0.4, 0.5) is 17.1 Å². The van der Waals surface area contributed by atoms with Crippen LogP contribution in [0.2, 0.25) is 0 Å². The first-order chi connectivity index (χ1) is 11.7. The monoisotopic (exact) mass is 383 g/mol. The van der Waals surface area contributed by atoms with Crippen molar-refractivity contribution in [1.29, 1.82) is 0 Å². The molecule has 4 heteroatoms. The Kier molecular flexibility index (Phi) is 5.06. The van der Waals surface area contributed by atoms with Crippen molar-refractivity contribution in [3.8, 4) is 11.5 Å². The van der Waals surface area contributed by atoms with Crippen LogP contribution in [0.5, 0.6) is 11.5 Å². The molecular formula is C20H18BrNO2. The highest BCUT2D eigenvalue weighted by Crippen LogP contribution is 2.41. The van der Waals surface area contributed by atoms with Crippen molar-refractivity contribution in [2.75, 3.05) is 19.1 Å².